The maximum absolute atomic E-state index is 5.55. The van der Waals surface area contributed by atoms with Crippen LogP contribution in [0, 0.1) is 0 Å². The molecule has 1 heterocycles. The minimum Gasteiger partial charge on any atom is -0.493 e. The van der Waals surface area contributed by atoms with E-state index in [-0.39, 0.29) is 0 Å². The predicted octanol–water partition coefficient (Wildman–Crippen LogP) is 1.36. The molecular formula is C13H17N3O3. The molecular weight excluding hydrogens is 246 g/mol. The molecule has 102 valence electrons. The SMILES string of the molecule is COc1cc(-n2cnc(CN)c2)cc(OC)c1OC. The monoisotopic (exact) mass is 263 g/mol. The lowest BCUT2D eigenvalue weighted by Crippen LogP contribution is -1.99. The van der Waals surface area contributed by atoms with E-state index in [4.69, 9.17) is 19.9 Å². The van der Waals surface area contributed by atoms with Gasteiger partial charge in [-0.15, -0.1) is 0 Å². The second-order valence-corrected chi connectivity index (χ2v) is 3.86. The van der Waals surface area contributed by atoms with E-state index in [9.17, 15) is 0 Å². The van der Waals surface area contributed by atoms with Crippen molar-refractivity contribution in [1.29, 1.82) is 0 Å². The van der Waals surface area contributed by atoms with Gasteiger partial charge >= 0.3 is 0 Å². The number of imidazole rings is 1. The number of methoxy groups -OCH3 is 3. The van der Waals surface area contributed by atoms with Gasteiger partial charge in [-0.3, -0.25) is 0 Å². The first-order chi connectivity index (χ1) is 9.23. The molecule has 2 aromatic rings. The van der Waals surface area contributed by atoms with Gasteiger partial charge < -0.3 is 24.5 Å². The summed E-state index contributed by atoms with van der Waals surface area (Å²) >= 11 is 0. The lowest BCUT2D eigenvalue weighted by molar-refractivity contribution is 0.324. The number of nitrogens with zero attached hydrogens (tertiary/aromatic N) is 2. The number of aromatic nitrogens is 2. The third kappa shape index (κ3) is 2.48. The normalized spacial score (nSPS) is 10.3. The van der Waals surface area contributed by atoms with Gasteiger partial charge in [0.15, 0.2) is 11.5 Å². The molecule has 0 spiro atoms. The Morgan fingerprint density at radius 1 is 1.11 bits per heavy atom. The van der Waals surface area contributed by atoms with E-state index in [1.807, 2.05) is 22.9 Å². The van der Waals surface area contributed by atoms with E-state index in [2.05, 4.69) is 4.98 Å². The number of benzene rings is 1. The van der Waals surface area contributed by atoms with Gasteiger partial charge in [-0.2, -0.15) is 0 Å². The van der Waals surface area contributed by atoms with Crippen LogP contribution in [0.3, 0.4) is 0 Å². The zero-order valence-electron chi connectivity index (χ0n) is 11.2. The highest BCUT2D eigenvalue weighted by Crippen LogP contribution is 2.39. The van der Waals surface area contributed by atoms with Crippen molar-refractivity contribution in [2.75, 3.05) is 21.3 Å². The van der Waals surface area contributed by atoms with Crippen LogP contribution >= 0.6 is 0 Å². The summed E-state index contributed by atoms with van der Waals surface area (Å²) in [5.74, 6) is 1.76. The van der Waals surface area contributed by atoms with Gasteiger partial charge in [-0.1, -0.05) is 0 Å². The second-order valence-electron chi connectivity index (χ2n) is 3.86. The van der Waals surface area contributed by atoms with Crippen molar-refractivity contribution in [1.82, 2.24) is 9.55 Å². The van der Waals surface area contributed by atoms with E-state index >= 15 is 0 Å². The second kappa shape index (κ2) is 5.62. The Hall–Kier alpha value is -2.21. The Bertz CT molecular complexity index is 541. The molecule has 2 rings (SSSR count). The quantitative estimate of drug-likeness (QED) is 0.881. The summed E-state index contributed by atoms with van der Waals surface area (Å²) in [5, 5.41) is 0. The van der Waals surface area contributed by atoms with Gasteiger partial charge in [0, 0.05) is 24.9 Å². The largest absolute Gasteiger partial charge is 0.493 e. The minimum absolute atomic E-state index is 0.400. The zero-order valence-corrected chi connectivity index (χ0v) is 11.2. The standard InChI is InChI=1S/C13H17N3O3/c1-17-11-4-10(5-12(18-2)13(11)19-3)16-7-9(6-14)15-8-16/h4-5,7-8H,6,14H2,1-3H3. The third-order valence-electron chi connectivity index (χ3n) is 2.79. The summed E-state index contributed by atoms with van der Waals surface area (Å²) in [5.41, 5.74) is 7.23. The Kier molecular flexibility index (Phi) is 3.91. The molecule has 0 saturated heterocycles. The zero-order chi connectivity index (χ0) is 13.8. The lowest BCUT2D eigenvalue weighted by Gasteiger charge is -2.14. The first-order valence-corrected chi connectivity index (χ1v) is 5.76. The van der Waals surface area contributed by atoms with Crippen molar-refractivity contribution >= 4 is 0 Å². The fraction of sp³-hybridized carbons (Fsp3) is 0.308. The summed E-state index contributed by atoms with van der Waals surface area (Å²) in [4.78, 5) is 4.19. The molecule has 0 radical (unpaired) electrons. The van der Waals surface area contributed by atoms with Gasteiger partial charge in [0.1, 0.15) is 0 Å². The van der Waals surface area contributed by atoms with Gasteiger partial charge in [-0.05, 0) is 0 Å². The van der Waals surface area contributed by atoms with Gasteiger partial charge in [0.25, 0.3) is 0 Å². The van der Waals surface area contributed by atoms with Crippen LogP contribution in [0.5, 0.6) is 17.2 Å². The van der Waals surface area contributed by atoms with Crippen LogP contribution in [0.15, 0.2) is 24.7 Å². The maximum atomic E-state index is 5.55. The number of hydrogen-bond donors (Lipinski definition) is 1. The summed E-state index contributed by atoms with van der Waals surface area (Å²) in [6.45, 7) is 0.400. The molecule has 2 N–H and O–H groups in total. The first kappa shape index (κ1) is 13.2. The summed E-state index contributed by atoms with van der Waals surface area (Å²) in [7, 11) is 4.74. The molecule has 0 unspecified atom stereocenters. The fourth-order valence-electron chi connectivity index (χ4n) is 1.83. The number of nitrogens with two attached hydrogens (primary N) is 1. The summed E-state index contributed by atoms with van der Waals surface area (Å²) in [6.07, 6.45) is 3.56. The van der Waals surface area contributed by atoms with Crippen molar-refractivity contribution in [2.45, 2.75) is 6.54 Å². The van der Waals surface area contributed by atoms with Crippen molar-refractivity contribution in [3.05, 3.63) is 30.4 Å². The van der Waals surface area contributed by atoms with Crippen LogP contribution in [0.4, 0.5) is 0 Å². The van der Waals surface area contributed by atoms with Crippen molar-refractivity contribution in [3.63, 3.8) is 0 Å². The molecule has 0 aliphatic heterocycles. The van der Waals surface area contributed by atoms with Crippen LogP contribution in [-0.4, -0.2) is 30.9 Å². The molecule has 0 fully saturated rings. The Labute approximate surface area is 111 Å². The molecule has 0 amide bonds. The molecule has 19 heavy (non-hydrogen) atoms. The van der Waals surface area contributed by atoms with E-state index in [0.29, 0.717) is 23.8 Å². The molecule has 0 aliphatic carbocycles. The smallest absolute Gasteiger partial charge is 0.203 e. The Morgan fingerprint density at radius 2 is 1.74 bits per heavy atom. The van der Waals surface area contributed by atoms with Gasteiger partial charge in [0.05, 0.1) is 39.0 Å². The average Bonchev–Trinajstić information content (AvgIpc) is 2.94. The number of ether oxygens (including phenoxy) is 3. The van der Waals surface area contributed by atoms with Crippen molar-refractivity contribution in [2.24, 2.45) is 5.73 Å². The highest BCUT2D eigenvalue weighted by Gasteiger charge is 2.14. The highest BCUT2D eigenvalue weighted by molar-refractivity contribution is 5.58. The van der Waals surface area contributed by atoms with Crippen molar-refractivity contribution < 1.29 is 14.2 Å². The van der Waals surface area contributed by atoms with E-state index in [0.717, 1.165) is 11.4 Å². The number of rotatable bonds is 5. The van der Waals surface area contributed by atoms with Crippen LogP contribution in [0.2, 0.25) is 0 Å². The third-order valence-corrected chi connectivity index (χ3v) is 2.79. The predicted molar refractivity (Wildman–Crippen MR) is 71.1 cm³/mol. The minimum atomic E-state index is 0.400. The lowest BCUT2D eigenvalue weighted by atomic mass is 10.2. The van der Waals surface area contributed by atoms with Crippen LogP contribution < -0.4 is 19.9 Å². The molecule has 1 aromatic carbocycles. The molecule has 0 aliphatic rings. The van der Waals surface area contributed by atoms with E-state index in [1.54, 1.807) is 27.7 Å². The molecule has 0 saturated carbocycles. The van der Waals surface area contributed by atoms with Crippen LogP contribution in [0.1, 0.15) is 5.69 Å². The summed E-state index contributed by atoms with van der Waals surface area (Å²) < 4.78 is 17.8. The fourth-order valence-corrected chi connectivity index (χ4v) is 1.83. The molecule has 0 atom stereocenters. The molecule has 1 aromatic heterocycles. The molecule has 0 bridgehead atoms. The maximum Gasteiger partial charge on any atom is 0.203 e. The van der Waals surface area contributed by atoms with Crippen molar-refractivity contribution in [3.8, 4) is 22.9 Å². The van der Waals surface area contributed by atoms with Crippen LogP contribution in [-0.2, 0) is 6.54 Å². The summed E-state index contributed by atoms with van der Waals surface area (Å²) in [6, 6.07) is 3.70. The average molecular weight is 263 g/mol. The first-order valence-electron chi connectivity index (χ1n) is 5.76. The van der Waals surface area contributed by atoms with Gasteiger partial charge in [0.2, 0.25) is 5.75 Å². The van der Waals surface area contributed by atoms with E-state index < -0.39 is 0 Å². The topological polar surface area (TPSA) is 71.5 Å². The van der Waals surface area contributed by atoms with Crippen LogP contribution in [0.25, 0.3) is 5.69 Å². The number of hydrogen-bond acceptors (Lipinski definition) is 5. The molecule has 6 nitrogen and oxygen atoms in total. The highest BCUT2D eigenvalue weighted by atomic mass is 16.5. The van der Waals surface area contributed by atoms with E-state index in [1.165, 1.54) is 0 Å². The Morgan fingerprint density at radius 3 is 2.16 bits per heavy atom. The Balaban J connectivity index is 2.51. The molecule has 6 heteroatoms. The van der Waals surface area contributed by atoms with Gasteiger partial charge in [-0.25, -0.2) is 4.98 Å².